The number of benzene rings is 2. The fourth-order valence-electron chi connectivity index (χ4n) is 3.13. The first kappa shape index (κ1) is 18.3. The quantitative estimate of drug-likeness (QED) is 0.747. The molecule has 0 saturated heterocycles. The second-order valence-electron chi connectivity index (χ2n) is 5.96. The van der Waals surface area contributed by atoms with Crippen LogP contribution in [-0.4, -0.2) is 32.2 Å². The molecular weight excluding hydrogens is 332 g/mol. The maximum atomic E-state index is 10.7. The van der Waals surface area contributed by atoms with Crippen molar-refractivity contribution >= 4 is 11.8 Å². The lowest BCUT2D eigenvalue weighted by Crippen LogP contribution is -2.22. The van der Waals surface area contributed by atoms with Crippen LogP contribution in [0, 0.1) is 0 Å². The topological polar surface area (TPSA) is 57.2 Å². The zero-order valence-corrected chi connectivity index (χ0v) is 15.3. The van der Waals surface area contributed by atoms with E-state index in [9.17, 15) is 5.11 Å². The van der Waals surface area contributed by atoms with Crippen molar-refractivity contribution in [3.8, 4) is 11.5 Å². The van der Waals surface area contributed by atoms with E-state index in [0.717, 1.165) is 16.9 Å². The molecule has 1 aliphatic rings. The fraction of sp³-hybridized carbons (Fsp3) is 0.333. The molecule has 2 aromatic rings. The van der Waals surface area contributed by atoms with Crippen molar-refractivity contribution in [1.82, 2.24) is 0 Å². The summed E-state index contributed by atoms with van der Waals surface area (Å²) < 4.78 is 22.5. The van der Waals surface area contributed by atoms with Gasteiger partial charge in [-0.25, -0.2) is 0 Å². The molecule has 0 amide bonds. The van der Waals surface area contributed by atoms with E-state index in [0.29, 0.717) is 24.3 Å². The number of methoxy groups -OCH3 is 2. The number of hydrogen-bond acceptors (Lipinski definition) is 5. The summed E-state index contributed by atoms with van der Waals surface area (Å²) in [6.45, 7) is 2.45. The first-order chi connectivity index (χ1) is 12.7. The Morgan fingerprint density at radius 2 is 1.88 bits per heavy atom. The van der Waals surface area contributed by atoms with Crippen molar-refractivity contribution in [3.05, 3.63) is 59.2 Å². The summed E-state index contributed by atoms with van der Waals surface area (Å²) in [6.07, 6.45) is 1.53. The van der Waals surface area contributed by atoms with Crippen LogP contribution in [-0.2, 0) is 14.2 Å². The summed E-state index contributed by atoms with van der Waals surface area (Å²) in [5.41, 5.74) is 2.55. The van der Waals surface area contributed by atoms with E-state index in [4.69, 9.17) is 18.9 Å². The van der Waals surface area contributed by atoms with Crippen LogP contribution in [0.15, 0.2) is 42.5 Å². The van der Waals surface area contributed by atoms with Gasteiger partial charge in [0.05, 0.1) is 7.11 Å². The van der Waals surface area contributed by atoms with Crippen molar-refractivity contribution in [1.29, 1.82) is 0 Å². The minimum atomic E-state index is -0.432. The summed E-state index contributed by atoms with van der Waals surface area (Å²) in [5, 5.41) is 10.7. The third-order valence-corrected chi connectivity index (χ3v) is 4.39. The Balaban J connectivity index is 2.03. The van der Waals surface area contributed by atoms with E-state index >= 15 is 0 Å². The highest BCUT2D eigenvalue weighted by molar-refractivity contribution is 5.82. The van der Waals surface area contributed by atoms with Crippen molar-refractivity contribution in [3.63, 3.8) is 0 Å². The molecule has 5 nitrogen and oxygen atoms in total. The lowest BCUT2D eigenvalue weighted by molar-refractivity contribution is -0.138. The van der Waals surface area contributed by atoms with Gasteiger partial charge in [0, 0.05) is 31.3 Å². The van der Waals surface area contributed by atoms with Crippen LogP contribution >= 0.6 is 0 Å². The van der Waals surface area contributed by atoms with Crippen LogP contribution < -0.4 is 4.74 Å². The minimum Gasteiger partial charge on any atom is -0.504 e. The maximum absolute atomic E-state index is 10.7. The predicted molar refractivity (Wildman–Crippen MR) is 99.8 cm³/mol. The van der Waals surface area contributed by atoms with Gasteiger partial charge >= 0.3 is 0 Å². The van der Waals surface area contributed by atoms with E-state index < -0.39 is 12.4 Å². The van der Waals surface area contributed by atoms with E-state index in [1.807, 2.05) is 49.4 Å². The van der Waals surface area contributed by atoms with Gasteiger partial charge in [-0.2, -0.15) is 0 Å². The SMILES string of the molecule is CCOC(CC1OC(c2ccccc2)=Cc2ccc(OC)c(O)c21)OC. The van der Waals surface area contributed by atoms with Crippen molar-refractivity contribution in [2.24, 2.45) is 0 Å². The lowest BCUT2D eigenvalue weighted by Gasteiger charge is -2.30. The van der Waals surface area contributed by atoms with Crippen molar-refractivity contribution in [2.45, 2.75) is 25.7 Å². The zero-order chi connectivity index (χ0) is 18.5. The van der Waals surface area contributed by atoms with E-state index in [1.54, 1.807) is 13.2 Å². The van der Waals surface area contributed by atoms with Gasteiger partial charge in [0.25, 0.3) is 0 Å². The van der Waals surface area contributed by atoms with Crippen LogP contribution in [0.5, 0.6) is 11.5 Å². The Kier molecular flexibility index (Phi) is 5.81. The average Bonchev–Trinajstić information content (AvgIpc) is 2.68. The lowest BCUT2D eigenvalue weighted by atomic mass is 9.94. The van der Waals surface area contributed by atoms with Gasteiger partial charge < -0.3 is 24.1 Å². The molecule has 0 aliphatic carbocycles. The van der Waals surface area contributed by atoms with Gasteiger partial charge in [-0.3, -0.25) is 0 Å². The molecule has 0 saturated carbocycles. The normalized spacial score (nSPS) is 17.0. The van der Waals surface area contributed by atoms with E-state index in [-0.39, 0.29) is 5.75 Å². The molecule has 2 atom stereocenters. The van der Waals surface area contributed by atoms with Gasteiger partial charge in [0.15, 0.2) is 17.8 Å². The van der Waals surface area contributed by atoms with Crippen LogP contribution in [0.4, 0.5) is 0 Å². The number of phenols is 1. The molecule has 1 N–H and O–H groups in total. The molecule has 0 radical (unpaired) electrons. The molecule has 3 rings (SSSR count). The molecule has 138 valence electrons. The molecule has 2 aromatic carbocycles. The molecule has 5 heteroatoms. The van der Waals surface area contributed by atoms with Gasteiger partial charge in [-0.05, 0) is 24.6 Å². The number of fused-ring (bicyclic) bond motifs is 1. The highest BCUT2D eigenvalue weighted by Gasteiger charge is 2.30. The summed E-state index contributed by atoms with van der Waals surface area (Å²) in [6, 6.07) is 13.6. The Morgan fingerprint density at radius 3 is 2.54 bits per heavy atom. The first-order valence-electron chi connectivity index (χ1n) is 8.66. The smallest absolute Gasteiger partial charge is 0.165 e. The van der Waals surface area contributed by atoms with Gasteiger partial charge in [0.2, 0.25) is 0 Å². The number of hydrogen-bond donors (Lipinski definition) is 1. The van der Waals surface area contributed by atoms with Gasteiger partial charge in [-0.1, -0.05) is 36.4 Å². The fourth-order valence-corrected chi connectivity index (χ4v) is 3.13. The van der Waals surface area contributed by atoms with Crippen molar-refractivity contribution < 1.29 is 24.1 Å². The molecule has 0 aromatic heterocycles. The second kappa shape index (κ2) is 8.25. The summed E-state index contributed by atoms with van der Waals surface area (Å²) in [4.78, 5) is 0. The minimum absolute atomic E-state index is 0.0877. The number of rotatable bonds is 7. The molecular formula is C21H24O5. The largest absolute Gasteiger partial charge is 0.504 e. The maximum Gasteiger partial charge on any atom is 0.165 e. The second-order valence-corrected chi connectivity index (χ2v) is 5.96. The summed E-state index contributed by atoms with van der Waals surface area (Å²) >= 11 is 0. The molecule has 0 spiro atoms. The monoisotopic (exact) mass is 356 g/mol. The van der Waals surface area contributed by atoms with Crippen LogP contribution in [0.2, 0.25) is 0 Å². The summed E-state index contributed by atoms with van der Waals surface area (Å²) in [5.74, 6) is 1.25. The van der Waals surface area contributed by atoms with E-state index in [1.165, 1.54) is 7.11 Å². The molecule has 1 aliphatic heterocycles. The van der Waals surface area contributed by atoms with Crippen LogP contribution in [0.3, 0.4) is 0 Å². The molecule has 2 unspecified atom stereocenters. The highest BCUT2D eigenvalue weighted by atomic mass is 16.7. The molecule has 0 bridgehead atoms. The van der Waals surface area contributed by atoms with Gasteiger partial charge in [0.1, 0.15) is 11.9 Å². The zero-order valence-electron chi connectivity index (χ0n) is 15.3. The highest BCUT2D eigenvalue weighted by Crippen LogP contribution is 2.45. The Hall–Kier alpha value is -2.50. The Morgan fingerprint density at radius 1 is 1.12 bits per heavy atom. The Labute approximate surface area is 153 Å². The third kappa shape index (κ3) is 3.69. The van der Waals surface area contributed by atoms with Crippen LogP contribution in [0.1, 0.15) is 36.1 Å². The first-order valence-corrected chi connectivity index (χ1v) is 8.66. The standard InChI is InChI=1S/C21H24O5/c1-4-25-19(24-3)13-18-20-15(10-11-16(23-2)21(20)22)12-17(26-18)14-8-6-5-7-9-14/h5-12,18-19,22H,4,13H2,1-3H3. The molecule has 1 heterocycles. The Bertz CT molecular complexity index is 769. The number of phenolic OH excluding ortho intramolecular Hbond substituents is 1. The van der Waals surface area contributed by atoms with Crippen LogP contribution in [0.25, 0.3) is 11.8 Å². The molecule has 0 fully saturated rings. The number of aromatic hydroxyl groups is 1. The predicted octanol–water partition coefficient (Wildman–Crippen LogP) is 4.37. The number of ether oxygens (including phenoxy) is 4. The third-order valence-electron chi connectivity index (χ3n) is 4.39. The van der Waals surface area contributed by atoms with Gasteiger partial charge in [-0.15, -0.1) is 0 Å². The van der Waals surface area contributed by atoms with E-state index in [2.05, 4.69) is 0 Å². The van der Waals surface area contributed by atoms with Crippen molar-refractivity contribution in [2.75, 3.05) is 20.8 Å². The summed E-state index contributed by atoms with van der Waals surface area (Å²) in [7, 11) is 3.13. The average molecular weight is 356 g/mol. The molecule has 26 heavy (non-hydrogen) atoms.